The van der Waals surface area contributed by atoms with Crippen LogP contribution in [0.2, 0.25) is 0 Å². The summed E-state index contributed by atoms with van der Waals surface area (Å²) in [5, 5.41) is 5.43. The third kappa shape index (κ3) is 4.55. The molecule has 0 spiro atoms. The van der Waals surface area contributed by atoms with Gasteiger partial charge in [-0.25, -0.2) is 4.98 Å². The molecule has 0 bridgehead atoms. The van der Waals surface area contributed by atoms with Crippen LogP contribution in [-0.2, 0) is 9.59 Å². The van der Waals surface area contributed by atoms with Crippen LogP contribution in [0.5, 0.6) is 5.75 Å². The molecule has 0 aliphatic heterocycles. The highest BCUT2D eigenvalue weighted by atomic mass is 32.1. The molecule has 1 heterocycles. The molecule has 0 aliphatic rings. The van der Waals surface area contributed by atoms with E-state index in [4.69, 9.17) is 4.74 Å². The van der Waals surface area contributed by atoms with Gasteiger partial charge in [-0.05, 0) is 26.0 Å². The number of carbonyl (C=O) groups excluding carboxylic acids is 2. The Morgan fingerprint density at radius 2 is 2.12 bits per heavy atom. The number of hydrogen-bond acceptors (Lipinski definition) is 5. The zero-order valence-electron chi connectivity index (χ0n) is 14.0. The van der Waals surface area contributed by atoms with Gasteiger partial charge < -0.3 is 15.0 Å². The van der Waals surface area contributed by atoms with E-state index in [1.165, 1.54) is 16.2 Å². The van der Waals surface area contributed by atoms with Gasteiger partial charge in [-0.2, -0.15) is 0 Å². The van der Waals surface area contributed by atoms with Gasteiger partial charge in [0.1, 0.15) is 17.2 Å². The second-order valence-electron chi connectivity index (χ2n) is 5.21. The zero-order chi connectivity index (χ0) is 17.5. The molecule has 1 aromatic carbocycles. The minimum atomic E-state index is -0.370. The average molecular weight is 347 g/mol. The molecule has 24 heavy (non-hydrogen) atoms. The van der Waals surface area contributed by atoms with Crippen molar-refractivity contribution < 1.29 is 14.3 Å². The standard InChI is InChI=1S/C17H21N3O3S/c1-4-23-14-8-6-5-7-13(14)19-15(21)11-16(22)20(3)12(2)17-18-9-10-24-17/h5-10,12H,4,11H2,1-3H3,(H,19,21)/t12-/m1/s1. The lowest BCUT2D eigenvalue weighted by molar-refractivity contribution is -0.135. The normalized spacial score (nSPS) is 11.6. The molecule has 2 rings (SSSR count). The van der Waals surface area contributed by atoms with Gasteiger partial charge in [0.25, 0.3) is 0 Å². The first-order chi connectivity index (χ1) is 11.5. The molecule has 2 amide bonds. The van der Waals surface area contributed by atoms with Crippen molar-refractivity contribution in [2.75, 3.05) is 19.0 Å². The minimum Gasteiger partial charge on any atom is -0.492 e. The molecule has 1 N–H and O–H groups in total. The molecule has 0 fully saturated rings. The number of ether oxygens (including phenoxy) is 1. The zero-order valence-corrected chi connectivity index (χ0v) is 14.8. The number of nitrogens with zero attached hydrogens (tertiary/aromatic N) is 2. The van der Waals surface area contributed by atoms with E-state index < -0.39 is 0 Å². The van der Waals surface area contributed by atoms with Gasteiger partial charge in [-0.15, -0.1) is 11.3 Å². The highest BCUT2D eigenvalue weighted by Gasteiger charge is 2.21. The number of amides is 2. The van der Waals surface area contributed by atoms with E-state index in [2.05, 4.69) is 10.3 Å². The van der Waals surface area contributed by atoms with Gasteiger partial charge >= 0.3 is 0 Å². The first kappa shape index (κ1) is 17.9. The smallest absolute Gasteiger partial charge is 0.233 e. The number of nitrogens with one attached hydrogen (secondary N) is 1. The molecule has 6 nitrogen and oxygen atoms in total. The first-order valence-electron chi connectivity index (χ1n) is 7.69. The van der Waals surface area contributed by atoms with Crippen LogP contribution in [0.4, 0.5) is 5.69 Å². The highest BCUT2D eigenvalue weighted by Crippen LogP contribution is 2.24. The van der Waals surface area contributed by atoms with Crippen LogP contribution in [0.15, 0.2) is 35.8 Å². The van der Waals surface area contributed by atoms with E-state index in [-0.39, 0.29) is 24.3 Å². The predicted molar refractivity (Wildman–Crippen MR) is 94.2 cm³/mol. The van der Waals surface area contributed by atoms with Gasteiger partial charge in [-0.1, -0.05) is 12.1 Å². The largest absolute Gasteiger partial charge is 0.492 e. The molecule has 2 aromatic rings. The van der Waals surface area contributed by atoms with Crippen LogP contribution in [0.1, 0.15) is 31.3 Å². The van der Waals surface area contributed by atoms with Crippen molar-refractivity contribution in [3.05, 3.63) is 40.8 Å². The van der Waals surface area contributed by atoms with Crippen molar-refractivity contribution in [3.8, 4) is 5.75 Å². The van der Waals surface area contributed by atoms with Gasteiger partial charge in [0.15, 0.2) is 0 Å². The molecule has 7 heteroatoms. The highest BCUT2D eigenvalue weighted by molar-refractivity contribution is 7.09. The maximum absolute atomic E-state index is 12.3. The number of aromatic nitrogens is 1. The van der Waals surface area contributed by atoms with Crippen LogP contribution in [0.25, 0.3) is 0 Å². The van der Waals surface area contributed by atoms with E-state index in [1.54, 1.807) is 31.4 Å². The monoisotopic (exact) mass is 347 g/mol. The Morgan fingerprint density at radius 1 is 1.38 bits per heavy atom. The van der Waals surface area contributed by atoms with Crippen LogP contribution in [-0.4, -0.2) is 35.4 Å². The average Bonchev–Trinajstić information content (AvgIpc) is 3.10. The van der Waals surface area contributed by atoms with E-state index in [0.717, 1.165) is 5.01 Å². The summed E-state index contributed by atoms with van der Waals surface area (Å²) in [6, 6.07) is 6.99. The van der Waals surface area contributed by atoms with E-state index >= 15 is 0 Å². The first-order valence-corrected chi connectivity index (χ1v) is 8.57. The summed E-state index contributed by atoms with van der Waals surface area (Å²) in [5.74, 6) is -0.0419. The second-order valence-corrected chi connectivity index (χ2v) is 6.13. The SMILES string of the molecule is CCOc1ccccc1NC(=O)CC(=O)N(C)[C@H](C)c1nccs1. The molecule has 0 saturated carbocycles. The second kappa shape index (κ2) is 8.44. The van der Waals surface area contributed by atoms with Crippen LogP contribution < -0.4 is 10.1 Å². The van der Waals surface area contributed by atoms with Crippen LogP contribution >= 0.6 is 11.3 Å². The molecule has 1 atom stereocenters. The fourth-order valence-corrected chi connectivity index (χ4v) is 2.87. The van der Waals surface area contributed by atoms with Crippen molar-refractivity contribution in [3.63, 3.8) is 0 Å². The fourth-order valence-electron chi connectivity index (χ4n) is 2.13. The Hall–Kier alpha value is -2.41. The molecule has 0 unspecified atom stereocenters. The lowest BCUT2D eigenvalue weighted by atomic mass is 10.2. The molecule has 0 saturated heterocycles. The van der Waals surface area contributed by atoms with Gasteiger partial charge in [-0.3, -0.25) is 9.59 Å². The van der Waals surface area contributed by atoms with Crippen molar-refractivity contribution in [1.82, 2.24) is 9.88 Å². The Balaban J connectivity index is 1.95. The summed E-state index contributed by atoms with van der Waals surface area (Å²) in [6.07, 6.45) is 1.47. The number of rotatable bonds is 7. The van der Waals surface area contributed by atoms with E-state index in [0.29, 0.717) is 18.0 Å². The van der Waals surface area contributed by atoms with Crippen molar-refractivity contribution in [1.29, 1.82) is 0 Å². The predicted octanol–water partition coefficient (Wildman–Crippen LogP) is 3.09. The minimum absolute atomic E-state index is 0.166. The number of thiazole rings is 1. The van der Waals surface area contributed by atoms with Crippen molar-refractivity contribution in [2.24, 2.45) is 0 Å². The lowest BCUT2D eigenvalue weighted by Gasteiger charge is -2.23. The third-order valence-corrected chi connectivity index (χ3v) is 4.50. The van der Waals surface area contributed by atoms with Gasteiger partial charge in [0.05, 0.1) is 18.3 Å². The van der Waals surface area contributed by atoms with Gasteiger partial charge in [0, 0.05) is 18.6 Å². The summed E-state index contributed by atoms with van der Waals surface area (Å²) in [7, 11) is 1.68. The number of para-hydroxylation sites is 2. The van der Waals surface area contributed by atoms with E-state index in [9.17, 15) is 9.59 Å². The lowest BCUT2D eigenvalue weighted by Crippen LogP contribution is -2.32. The topological polar surface area (TPSA) is 71.5 Å². The number of hydrogen-bond donors (Lipinski definition) is 1. The quantitative estimate of drug-likeness (QED) is 0.781. The van der Waals surface area contributed by atoms with Gasteiger partial charge in [0.2, 0.25) is 11.8 Å². The maximum atomic E-state index is 12.3. The number of benzene rings is 1. The number of anilines is 1. The van der Waals surface area contributed by atoms with Crippen LogP contribution in [0.3, 0.4) is 0 Å². The summed E-state index contributed by atoms with van der Waals surface area (Å²) < 4.78 is 5.46. The molecule has 0 radical (unpaired) electrons. The van der Waals surface area contributed by atoms with Crippen LogP contribution in [0, 0.1) is 0 Å². The summed E-state index contributed by atoms with van der Waals surface area (Å²) in [4.78, 5) is 30.2. The summed E-state index contributed by atoms with van der Waals surface area (Å²) in [6.45, 7) is 4.26. The summed E-state index contributed by atoms with van der Waals surface area (Å²) in [5.41, 5.74) is 0.563. The molecular weight excluding hydrogens is 326 g/mol. The van der Waals surface area contributed by atoms with Crippen molar-refractivity contribution >= 4 is 28.8 Å². The molecule has 1 aromatic heterocycles. The third-order valence-electron chi connectivity index (χ3n) is 3.56. The summed E-state index contributed by atoms with van der Waals surface area (Å²) >= 11 is 1.48. The Morgan fingerprint density at radius 3 is 2.79 bits per heavy atom. The maximum Gasteiger partial charge on any atom is 0.233 e. The Kier molecular flexibility index (Phi) is 6.31. The Labute approximate surface area is 145 Å². The molecular formula is C17H21N3O3S. The molecule has 0 aliphatic carbocycles. The molecule has 128 valence electrons. The van der Waals surface area contributed by atoms with Crippen molar-refractivity contribution in [2.45, 2.75) is 26.3 Å². The van der Waals surface area contributed by atoms with E-state index in [1.807, 2.05) is 25.3 Å². The number of carbonyl (C=O) groups is 2. The fraction of sp³-hybridized carbons (Fsp3) is 0.353. The Bertz CT molecular complexity index is 688.